The zero-order valence-corrected chi connectivity index (χ0v) is 11.6. The molecule has 1 aromatic carbocycles. The lowest BCUT2D eigenvalue weighted by Crippen LogP contribution is -2.07. The summed E-state index contributed by atoms with van der Waals surface area (Å²) in [7, 11) is 2.78. The third-order valence-corrected chi connectivity index (χ3v) is 2.99. The van der Waals surface area contributed by atoms with E-state index in [0.717, 1.165) is 5.56 Å². The Balaban J connectivity index is 2.87. The van der Waals surface area contributed by atoms with Crippen LogP contribution in [0.3, 0.4) is 0 Å². The Morgan fingerprint density at radius 3 is 2.50 bits per heavy atom. The molecule has 18 heavy (non-hydrogen) atoms. The van der Waals surface area contributed by atoms with Crippen LogP contribution in [0.15, 0.2) is 23.4 Å². The van der Waals surface area contributed by atoms with Gasteiger partial charge in [-0.3, -0.25) is 4.79 Å². The second-order valence-corrected chi connectivity index (χ2v) is 4.24. The van der Waals surface area contributed by atoms with E-state index in [0.29, 0.717) is 22.2 Å². The van der Waals surface area contributed by atoms with Gasteiger partial charge in [0.2, 0.25) is 0 Å². The van der Waals surface area contributed by atoms with Crippen molar-refractivity contribution in [1.29, 1.82) is 0 Å². The molecular weight excluding hydrogens is 277 g/mol. The van der Waals surface area contributed by atoms with Gasteiger partial charge < -0.3 is 9.57 Å². The van der Waals surface area contributed by atoms with E-state index in [1.165, 1.54) is 14.2 Å². The van der Waals surface area contributed by atoms with E-state index in [9.17, 15) is 4.79 Å². The van der Waals surface area contributed by atoms with E-state index in [1.54, 1.807) is 18.2 Å². The van der Waals surface area contributed by atoms with Gasteiger partial charge in [0.25, 0.3) is 0 Å². The SMILES string of the molecule is CO/N=C(/CCC(=O)OC)c1ccc(Cl)c(Cl)c1. The molecule has 0 spiro atoms. The second-order valence-electron chi connectivity index (χ2n) is 3.43. The Kier molecular flexibility index (Phi) is 5.95. The topological polar surface area (TPSA) is 47.9 Å². The second kappa shape index (κ2) is 7.24. The van der Waals surface area contributed by atoms with Crippen molar-refractivity contribution in [3.8, 4) is 0 Å². The fourth-order valence-corrected chi connectivity index (χ4v) is 1.65. The predicted octanol–water partition coefficient (Wildman–Crippen LogP) is 3.30. The first-order valence-electron chi connectivity index (χ1n) is 5.20. The van der Waals surface area contributed by atoms with Crippen molar-refractivity contribution >= 4 is 34.9 Å². The molecule has 98 valence electrons. The average molecular weight is 290 g/mol. The van der Waals surface area contributed by atoms with Gasteiger partial charge in [-0.05, 0) is 12.1 Å². The third kappa shape index (κ3) is 4.20. The highest BCUT2D eigenvalue weighted by atomic mass is 35.5. The number of benzene rings is 1. The first-order chi connectivity index (χ1) is 8.58. The van der Waals surface area contributed by atoms with Crippen LogP contribution in [0.2, 0.25) is 10.0 Å². The zero-order valence-electron chi connectivity index (χ0n) is 10.1. The van der Waals surface area contributed by atoms with E-state index in [-0.39, 0.29) is 12.4 Å². The standard InChI is InChI=1S/C12H13Cl2NO3/c1-17-12(16)6-5-11(15-18-2)8-3-4-9(13)10(14)7-8/h3-4,7H,5-6H2,1-2H3/b15-11-. The van der Waals surface area contributed by atoms with Crippen molar-refractivity contribution in [2.75, 3.05) is 14.2 Å². The number of carbonyl (C=O) groups is 1. The number of hydrogen-bond donors (Lipinski definition) is 0. The molecule has 6 heteroatoms. The first-order valence-corrected chi connectivity index (χ1v) is 5.96. The van der Waals surface area contributed by atoms with Crippen LogP contribution in [-0.4, -0.2) is 25.9 Å². The Morgan fingerprint density at radius 2 is 1.94 bits per heavy atom. The largest absolute Gasteiger partial charge is 0.469 e. The number of carbonyl (C=O) groups excluding carboxylic acids is 1. The number of hydrogen-bond acceptors (Lipinski definition) is 4. The molecule has 4 nitrogen and oxygen atoms in total. The maximum atomic E-state index is 11.1. The molecule has 0 aliphatic carbocycles. The normalized spacial score (nSPS) is 11.2. The highest BCUT2D eigenvalue weighted by molar-refractivity contribution is 6.42. The van der Waals surface area contributed by atoms with Crippen molar-refractivity contribution in [3.63, 3.8) is 0 Å². The number of methoxy groups -OCH3 is 1. The van der Waals surface area contributed by atoms with E-state index in [4.69, 9.17) is 28.0 Å². The van der Waals surface area contributed by atoms with Crippen LogP contribution in [0, 0.1) is 0 Å². The summed E-state index contributed by atoms with van der Waals surface area (Å²) in [5.41, 5.74) is 1.37. The van der Waals surface area contributed by atoms with Crippen molar-refractivity contribution in [2.24, 2.45) is 5.16 Å². The summed E-state index contributed by atoms with van der Waals surface area (Å²) < 4.78 is 4.58. The number of ether oxygens (including phenoxy) is 1. The van der Waals surface area contributed by atoms with Crippen LogP contribution in [-0.2, 0) is 14.4 Å². The van der Waals surface area contributed by atoms with Gasteiger partial charge in [0, 0.05) is 12.0 Å². The molecule has 0 atom stereocenters. The minimum absolute atomic E-state index is 0.221. The van der Waals surface area contributed by atoms with Gasteiger partial charge in [-0.1, -0.05) is 34.4 Å². The summed E-state index contributed by atoms with van der Waals surface area (Å²) in [6, 6.07) is 5.12. The highest BCUT2D eigenvalue weighted by Crippen LogP contribution is 2.23. The molecule has 0 saturated heterocycles. The van der Waals surface area contributed by atoms with Crippen molar-refractivity contribution in [1.82, 2.24) is 0 Å². The fraction of sp³-hybridized carbons (Fsp3) is 0.333. The van der Waals surface area contributed by atoms with Gasteiger partial charge >= 0.3 is 5.97 Å². The Hall–Kier alpha value is -1.26. The molecule has 0 heterocycles. The summed E-state index contributed by atoms with van der Waals surface area (Å²) >= 11 is 11.8. The third-order valence-electron chi connectivity index (χ3n) is 2.25. The highest BCUT2D eigenvalue weighted by Gasteiger charge is 2.10. The number of oxime groups is 1. The van der Waals surface area contributed by atoms with Crippen LogP contribution in [0.1, 0.15) is 18.4 Å². The smallest absolute Gasteiger partial charge is 0.305 e. The lowest BCUT2D eigenvalue weighted by Gasteiger charge is -2.06. The molecule has 0 saturated carbocycles. The van der Waals surface area contributed by atoms with Crippen LogP contribution in [0.4, 0.5) is 0 Å². The van der Waals surface area contributed by atoms with Crippen LogP contribution >= 0.6 is 23.2 Å². The van der Waals surface area contributed by atoms with Crippen molar-refractivity contribution in [2.45, 2.75) is 12.8 Å². The van der Waals surface area contributed by atoms with E-state index in [1.807, 2.05) is 0 Å². The molecule has 0 amide bonds. The molecule has 0 unspecified atom stereocenters. The average Bonchev–Trinajstić information content (AvgIpc) is 2.37. The van der Waals surface area contributed by atoms with Gasteiger partial charge in [-0.25, -0.2) is 0 Å². The van der Waals surface area contributed by atoms with Gasteiger partial charge in [-0.2, -0.15) is 0 Å². The molecule has 0 aliphatic rings. The van der Waals surface area contributed by atoms with Gasteiger partial charge in [0.1, 0.15) is 7.11 Å². The Morgan fingerprint density at radius 1 is 1.22 bits per heavy atom. The van der Waals surface area contributed by atoms with Crippen LogP contribution in [0.5, 0.6) is 0 Å². The summed E-state index contributed by atoms with van der Waals surface area (Å²) in [6.07, 6.45) is 0.622. The summed E-state index contributed by atoms with van der Waals surface area (Å²) in [6.45, 7) is 0. The molecule has 0 bridgehead atoms. The summed E-state index contributed by atoms with van der Waals surface area (Å²) in [5.74, 6) is -0.307. The minimum atomic E-state index is -0.307. The molecule has 0 fully saturated rings. The van der Waals surface area contributed by atoms with Gasteiger partial charge in [0.05, 0.1) is 29.3 Å². The van der Waals surface area contributed by atoms with Crippen LogP contribution < -0.4 is 0 Å². The van der Waals surface area contributed by atoms with Crippen LogP contribution in [0.25, 0.3) is 0 Å². The van der Waals surface area contributed by atoms with Crippen molar-refractivity contribution in [3.05, 3.63) is 33.8 Å². The lowest BCUT2D eigenvalue weighted by molar-refractivity contribution is -0.140. The monoisotopic (exact) mass is 289 g/mol. The summed E-state index contributed by atoms with van der Waals surface area (Å²) in [5, 5.41) is 4.77. The molecule has 0 aliphatic heterocycles. The zero-order chi connectivity index (χ0) is 13.5. The van der Waals surface area contributed by atoms with Crippen molar-refractivity contribution < 1.29 is 14.4 Å². The predicted molar refractivity (Wildman–Crippen MR) is 71.3 cm³/mol. The minimum Gasteiger partial charge on any atom is -0.469 e. The quantitative estimate of drug-likeness (QED) is 0.475. The van der Waals surface area contributed by atoms with Gasteiger partial charge in [0.15, 0.2) is 0 Å². The van der Waals surface area contributed by atoms with E-state index >= 15 is 0 Å². The number of esters is 1. The van der Waals surface area contributed by atoms with Gasteiger partial charge in [-0.15, -0.1) is 0 Å². The molecular formula is C12H13Cl2NO3. The first kappa shape index (κ1) is 14.8. The maximum absolute atomic E-state index is 11.1. The molecule has 0 aromatic heterocycles. The number of halogens is 2. The fourth-order valence-electron chi connectivity index (χ4n) is 1.35. The maximum Gasteiger partial charge on any atom is 0.305 e. The molecule has 0 N–H and O–H groups in total. The lowest BCUT2D eigenvalue weighted by atomic mass is 10.1. The molecule has 1 aromatic rings. The Bertz CT molecular complexity index is 461. The van der Waals surface area contributed by atoms with E-state index < -0.39 is 0 Å². The number of nitrogens with zero attached hydrogens (tertiary/aromatic N) is 1. The molecule has 1 rings (SSSR count). The number of rotatable bonds is 5. The van der Waals surface area contributed by atoms with E-state index in [2.05, 4.69) is 9.89 Å². The molecule has 0 radical (unpaired) electrons. The summed E-state index contributed by atoms with van der Waals surface area (Å²) in [4.78, 5) is 15.9. The Labute approximate surface area is 115 Å².